The molecular formula is C42H55N5O5Si. The molecule has 1 aliphatic rings. The highest BCUT2D eigenvalue weighted by Gasteiger charge is 2.50. The van der Waals surface area contributed by atoms with Crippen molar-refractivity contribution in [3.63, 3.8) is 0 Å². The zero-order chi connectivity index (χ0) is 38.4. The number of nitrogens with one attached hydrogen (secondary N) is 2. The Hall–Kier alpha value is -4.74. The van der Waals surface area contributed by atoms with E-state index in [-0.39, 0.29) is 29.5 Å². The average Bonchev–Trinajstić information content (AvgIpc) is 3.10. The highest BCUT2D eigenvalue weighted by molar-refractivity contribution is 6.99. The fourth-order valence-corrected chi connectivity index (χ4v) is 11.8. The first-order chi connectivity index (χ1) is 25.1. The van der Waals surface area contributed by atoms with Crippen molar-refractivity contribution in [2.45, 2.75) is 90.6 Å². The summed E-state index contributed by atoms with van der Waals surface area (Å²) in [5.74, 6) is 0.521. The molecule has 2 heterocycles. The molecule has 2 N–H and O–H groups in total. The van der Waals surface area contributed by atoms with Gasteiger partial charge in [0.05, 0.1) is 18.3 Å². The molecule has 11 heteroatoms. The summed E-state index contributed by atoms with van der Waals surface area (Å²) in [6, 6.07) is 28.1. The van der Waals surface area contributed by atoms with E-state index in [0.717, 1.165) is 11.3 Å². The van der Waals surface area contributed by atoms with Gasteiger partial charge in [0, 0.05) is 30.5 Å². The first-order valence-corrected chi connectivity index (χ1v) is 20.3. The summed E-state index contributed by atoms with van der Waals surface area (Å²) in [7, 11) is -0.898. The number of carbonyl (C=O) groups is 2. The number of nitrogens with zero attached hydrogens (tertiary/aromatic N) is 3. The van der Waals surface area contributed by atoms with Crippen LogP contribution in [0.15, 0.2) is 97.5 Å². The van der Waals surface area contributed by atoms with Crippen LogP contribution in [0, 0.1) is 5.92 Å². The van der Waals surface area contributed by atoms with Gasteiger partial charge in [-0.25, -0.2) is 14.8 Å². The lowest BCUT2D eigenvalue weighted by molar-refractivity contribution is -0.124. The molecule has 10 nitrogen and oxygen atoms in total. The third kappa shape index (κ3) is 9.44. The van der Waals surface area contributed by atoms with Gasteiger partial charge in [0.1, 0.15) is 24.7 Å². The Kier molecular flexibility index (Phi) is 12.3. The third-order valence-corrected chi connectivity index (χ3v) is 14.5. The van der Waals surface area contributed by atoms with Crippen LogP contribution in [0.2, 0.25) is 5.04 Å². The molecule has 1 unspecified atom stereocenters. The second kappa shape index (κ2) is 16.5. The molecule has 5 rings (SSSR count). The maximum absolute atomic E-state index is 14.1. The van der Waals surface area contributed by atoms with E-state index >= 15 is 0 Å². The summed E-state index contributed by atoms with van der Waals surface area (Å²) < 4.78 is 19.4. The topological polar surface area (TPSA) is 115 Å². The number of alkyl carbamates (subject to hydrolysis) is 1. The van der Waals surface area contributed by atoms with Crippen molar-refractivity contribution in [2.24, 2.45) is 5.92 Å². The van der Waals surface area contributed by atoms with Gasteiger partial charge in [0.25, 0.3) is 8.32 Å². The van der Waals surface area contributed by atoms with Crippen LogP contribution in [0.1, 0.15) is 72.8 Å². The van der Waals surface area contributed by atoms with E-state index in [1.54, 1.807) is 12.3 Å². The molecule has 1 aliphatic heterocycles. The van der Waals surface area contributed by atoms with Crippen molar-refractivity contribution in [3.8, 4) is 5.75 Å². The lowest BCUT2D eigenvalue weighted by Gasteiger charge is -2.44. The molecule has 53 heavy (non-hydrogen) atoms. The molecule has 1 aromatic heterocycles. The Morgan fingerprint density at radius 1 is 0.962 bits per heavy atom. The van der Waals surface area contributed by atoms with Gasteiger partial charge in [0.15, 0.2) is 6.10 Å². The van der Waals surface area contributed by atoms with Crippen LogP contribution in [-0.2, 0) is 20.4 Å². The minimum atomic E-state index is -2.85. The molecule has 282 valence electrons. The number of anilines is 1. The fraction of sp³-hybridized carbons (Fsp3) is 0.429. The van der Waals surface area contributed by atoms with Crippen LogP contribution in [0.4, 0.5) is 10.5 Å². The van der Waals surface area contributed by atoms with E-state index in [1.165, 1.54) is 16.7 Å². The Bertz CT molecular complexity index is 1770. The highest BCUT2D eigenvalue weighted by Crippen LogP contribution is 2.38. The number of carbonyl (C=O) groups excluding carboxylic acids is 2. The van der Waals surface area contributed by atoms with Gasteiger partial charge in [0.2, 0.25) is 5.91 Å². The number of amides is 2. The predicted molar refractivity (Wildman–Crippen MR) is 212 cm³/mol. The Balaban J connectivity index is 1.48. The predicted octanol–water partition coefficient (Wildman–Crippen LogP) is 6.20. The van der Waals surface area contributed by atoms with Crippen LogP contribution >= 0.6 is 0 Å². The first kappa shape index (κ1) is 39.5. The Morgan fingerprint density at radius 2 is 1.60 bits per heavy atom. The van der Waals surface area contributed by atoms with E-state index in [2.05, 4.69) is 110 Å². The molecule has 2 amide bonds. The Morgan fingerprint density at radius 3 is 2.15 bits per heavy atom. The van der Waals surface area contributed by atoms with E-state index in [1.807, 2.05) is 57.0 Å². The molecule has 3 atom stereocenters. The second-order valence-corrected chi connectivity index (χ2v) is 20.5. The number of ether oxygens (including phenoxy) is 2. The van der Waals surface area contributed by atoms with E-state index < -0.39 is 32.1 Å². The van der Waals surface area contributed by atoms with Crippen LogP contribution in [0.5, 0.6) is 5.75 Å². The van der Waals surface area contributed by atoms with Crippen molar-refractivity contribution in [2.75, 3.05) is 25.2 Å². The first-order valence-electron chi connectivity index (χ1n) is 18.4. The molecule has 0 fully saturated rings. The fourth-order valence-electron chi connectivity index (χ4n) is 7.21. The molecule has 0 bridgehead atoms. The van der Waals surface area contributed by atoms with Gasteiger partial charge in [-0.15, -0.1) is 0 Å². The third-order valence-electron chi connectivity index (χ3n) is 9.54. The van der Waals surface area contributed by atoms with Crippen molar-refractivity contribution in [1.82, 2.24) is 20.6 Å². The summed E-state index contributed by atoms with van der Waals surface area (Å²) in [5.41, 5.74) is 2.06. The van der Waals surface area contributed by atoms with Gasteiger partial charge < -0.3 is 29.4 Å². The molecule has 0 spiro atoms. The number of fused-ring (bicyclic) bond motifs is 1. The monoisotopic (exact) mass is 737 g/mol. The number of benzene rings is 3. The zero-order valence-electron chi connectivity index (χ0n) is 32.6. The number of hydrogen-bond acceptors (Lipinski definition) is 8. The molecule has 0 radical (unpaired) electrons. The second-order valence-electron chi connectivity index (χ2n) is 16.2. The van der Waals surface area contributed by atoms with E-state index in [9.17, 15) is 9.59 Å². The molecule has 3 aromatic carbocycles. The Labute approximate surface area is 315 Å². The van der Waals surface area contributed by atoms with Gasteiger partial charge in [-0.2, -0.15) is 0 Å². The maximum Gasteiger partial charge on any atom is 0.407 e. The summed E-state index contributed by atoms with van der Waals surface area (Å²) in [5, 5.41) is 8.37. The number of aromatic nitrogens is 2. The molecule has 0 aliphatic carbocycles. The summed E-state index contributed by atoms with van der Waals surface area (Å²) in [6.07, 6.45) is 2.38. The lowest BCUT2D eigenvalue weighted by Crippen LogP contribution is -2.67. The summed E-state index contributed by atoms with van der Waals surface area (Å²) in [6.45, 7) is 16.8. The maximum atomic E-state index is 14.1. The molecule has 4 aromatic rings. The smallest absolute Gasteiger partial charge is 0.407 e. The molecular weight excluding hydrogens is 683 g/mol. The van der Waals surface area contributed by atoms with E-state index in [0.29, 0.717) is 24.5 Å². The van der Waals surface area contributed by atoms with Crippen molar-refractivity contribution < 1.29 is 23.5 Å². The van der Waals surface area contributed by atoms with Crippen molar-refractivity contribution >= 4 is 36.4 Å². The van der Waals surface area contributed by atoms with Crippen LogP contribution in [-0.4, -0.2) is 68.2 Å². The van der Waals surface area contributed by atoms with Crippen LogP contribution in [0.25, 0.3) is 0 Å². The SMILES string of the molecule is CC(C)[C@H]1C(=O)N[C@H](CO[Si](c2ccccc2)(c2ccccc2)C(C)(C)C)Cc2ccc(OC(COC(=O)NC(C)(C)C)c3ccncn3)cc2N1C. The molecule has 0 saturated heterocycles. The quantitative estimate of drug-likeness (QED) is 0.175. The molecule has 0 saturated carbocycles. The van der Waals surface area contributed by atoms with Crippen molar-refractivity contribution in [3.05, 3.63) is 109 Å². The largest absolute Gasteiger partial charge is 0.480 e. The number of rotatable bonds is 11. The van der Waals surface area contributed by atoms with Crippen LogP contribution in [0.3, 0.4) is 0 Å². The number of hydrogen-bond donors (Lipinski definition) is 2. The van der Waals surface area contributed by atoms with E-state index in [4.69, 9.17) is 13.9 Å². The standard InChI is InChI=1S/C42H55N5O5Si/c1-29(2)38-39(48)45-31(26-51-53(42(6,7)8,33-16-12-10-13-17-33)34-18-14-11-15-19-34)24-30-20-21-32(25-36(30)47(38)9)52-37(35-22-23-43-28-44-35)27-50-40(49)46-41(3,4)5/h10-23,25,28-29,31,37-38H,24,26-27H2,1-9H3,(H,45,48)(H,46,49)/t31-,37?,38-/m0/s1. The lowest BCUT2D eigenvalue weighted by atomic mass is 9.95. The highest BCUT2D eigenvalue weighted by atomic mass is 28.4. The van der Waals surface area contributed by atoms with Crippen molar-refractivity contribution in [1.29, 1.82) is 0 Å². The van der Waals surface area contributed by atoms with Gasteiger partial charge in [-0.3, -0.25) is 4.79 Å². The van der Waals surface area contributed by atoms with Gasteiger partial charge in [-0.1, -0.05) is 101 Å². The minimum absolute atomic E-state index is 0.0114. The summed E-state index contributed by atoms with van der Waals surface area (Å²) >= 11 is 0. The van der Waals surface area contributed by atoms with Gasteiger partial charge in [-0.05, 0) is 66.2 Å². The van der Waals surface area contributed by atoms with Gasteiger partial charge >= 0.3 is 6.09 Å². The normalized spacial score (nSPS) is 17.2. The minimum Gasteiger partial charge on any atom is -0.480 e. The number of likely N-dealkylation sites (N-methyl/N-ethyl adjacent to an activating group) is 1. The summed E-state index contributed by atoms with van der Waals surface area (Å²) in [4.78, 5) is 37.1. The average molecular weight is 738 g/mol. The zero-order valence-corrected chi connectivity index (χ0v) is 33.6. The van der Waals surface area contributed by atoms with Crippen LogP contribution < -0.4 is 30.6 Å².